The number of rotatable bonds is 3. The lowest BCUT2D eigenvalue weighted by molar-refractivity contribution is -0.0616. The van der Waals surface area contributed by atoms with Crippen LogP contribution in [0.25, 0.3) is 10.2 Å². The molecular weight excluding hydrogens is 433 g/mol. The first-order valence-electron chi connectivity index (χ1n) is 10.5. The number of fused-ring (bicyclic) bond motifs is 2. The molecule has 4 heterocycles. The molecule has 0 radical (unpaired) electrons. The summed E-state index contributed by atoms with van der Waals surface area (Å²) in [5.41, 5.74) is 1.25. The number of benzene rings is 1. The lowest BCUT2D eigenvalue weighted by Gasteiger charge is -2.34. The smallest absolute Gasteiger partial charge is 0.292 e. The van der Waals surface area contributed by atoms with Gasteiger partial charge in [-0.2, -0.15) is 0 Å². The van der Waals surface area contributed by atoms with Crippen molar-refractivity contribution < 1.29 is 18.7 Å². The minimum atomic E-state index is -1.09. The highest BCUT2D eigenvalue weighted by Gasteiger charge is 2.43. The van der Waals surface area contributed by atoms with Crippen molar-refractivity contribution in [3.8, 4) is 0 Å². The van der Waals surface area contributed by atoms with Gasteiger partial charge in [0.2, 0.25) is 11.7 Å². The number of para-hydroxylation sites is 1. The number of oxazole rings is 1. The first kappa shape index (κ1) is 19.6. The molecule has 0 bridgehead atoms. The van der Waals surface area contributed by atoms with Gasteiger partial charge in [0.05, 0.1) is 22.4 Å². The summed E-state index contributed by atoms with van der Waals surface area (Å²) in [7, 11) is 0. The van der Waals surface area contributed by atoms with Crippen LogP contribution in [0.2, 0.25) is 0 Å². The van der Waals surface area contributed by atoms with Gasteiger partial charge in [0.1, 0.15) is 28.0 Å². The topological polar surface area (TPSA) is 108 Å². The van der Waals surface area contributed by atoms with Crippen LogP contribution in [-0.2, 0) is 12.0 Å². The van der Waals surface area contributed by atoms with Crippen LogP contribution in [0.1, 0.15) is 63.8 Å². The van der Waals surface area contributed by atoms with Crippen molar-refractivity contribution >= 4 is 27.5 Å². The quantitative estimate of drug-likeness (QED) is 0.491. The number of hydrogen-bond donors (Lipinski definition) is 2. The molecule has 10 heteroatoms. The van der Waals surface area contributed by atoms with Gasteiger partial charge in [0.25, 0.3) is 5.91 Å². The number of hydrogen-bond acceptors (Lipinski definition) is 7. The summed E-state index contributed by atoms with van der Waals surface area (Å²) >= 11 is 1.34. The molecule has 6 rings (SSSR count). The summed E-state index contributed by atoms with van der Waals surface area (Å²) in [6.07, 6.45) is 4.23. The zero-order chi connectivity index (χ0) is 22.0. The number of aryl methyl sites for hydroxylation is 1. The van der Waals surface area contributed by atoms with Crippen LogP contribution in [0.15, 0.2) is 28.9 Å². The highest BCUT2D eigenvalue weighted by molar-refractivity contribution is 7.18. The molecule has 1 aliphatic carbocycles. The summed E-state index contributed by atoms with van der Waals surface area (Å²) in [6, 6.07) is 4.26. The third kappa shape index (κ3) is 2.82. The maximum Gasteiger partial charge on any atom is 0.292 e. The molecule has 0 saturated heterocycles. The third-order valence-electron chi connectivity index (χ3n) is 6.38. The standard InChI is InChI=1S/C22H20FN5O3S/c1-11-18(31-21(26-11)22(30)7-3-8-22)20(29)28-9-6-13-16(25-10-24-13)17(28)19-27-15-12(23)4-2-5-14(15)32-19/h2,4-5,10,17,30H,3,6-9H2,1H3,(H,24,25)/t17-/m0/s1. The minimum absolute atomic E-state index is 0.108. The van der Waals surface area contributed by atoms with E-state index in [9.17, 15) is 14.3 Å². The van der Waals surface area contributed by atoms with E-state index in [4.69, 9.17) is 4.42 Å². The number of thiazole rings is 1. The van der Waals surface area contributed by atoms with Gasteiger partial charge in [-0.25, -0.2) is 19.3 Å². The lowest BCUT2D eigenvalue weighted by atomic mass is 9.80. The average Bonchev–Trinajstić information content (AvgIpc) is 3.49. The molecule has 3 aromatic heterocycles. The number of aromatic nitrogens is 4. The highest BCUT2D eigenvalue weighted by Crippen LogP contribution is 2.42. The van der Waals surface area contributed by atoms with Gasteiger partial charge in [-0.3, -0.25) is 4.79 Å². The number of nitrogens with zero attached hydrogens (tertiary/aromatic N) is 4. The van der Waals surface area contributed by atoms with Crippen molar-refractivity contribution in [2.45, 2.75) is 44.2 Å². The minimum Gasteiger partial charge on any atom is -0.432 e. The summed E-state index contributed by atoms with van der Waals surface area (Å²) in [5, 5.41) is 11.2. The molecule has 32 heavy (non-hydrogen) atoms. The van der Waals surface area contributed by atoms with E-state index in [1.165, 1.54) is 17.4 Å². The van der Waals surface area contributed by atoms with E-state index in [-0.39, 0.29) is 23.1 Å². The van der Waals surface area contributed by atoms with E-state index in [1.807, 2.05) is 6.07 Å². The molecular formula is C22H20FN5O3S. The molecule has 4 aromatic rings. The van der Waals surface area contributed by atoms with Gasteiger partial charge in [0.15, 0.2) is 0 Å². The predicted octanol–water partition coefficient (Wildman–Crippen LogP) is 3.61. The van der Waals surface area contributed by atoms with Gasteiger partial charge in [-0.15, -0.1) is 11.3 Å². The van der Waals surface area contributed by atoms with Crippen molar-refractivity contribution in [1.29, 1.82) is 0 Å². The molecule has 0 unspecified atom stereocenters. The number of H-pyrrole nitrogens is 1. The van der Waals surface area contributed by atoms with Gasteiger partial charge in [-0.1, -0.05) is 6.07 Å². The van der Waals surface area contributed by atoms with E-state index in [0.717, 1.165) is 12.1 Å². The number of carbonyl (C=O) groups is 1. The molecule has 2 aliphatic rings. The number of aromatic amines is 1. The number of aliphatic hydroxyl groups is 1. The molecule has 1 amide bonds. The largest absolute Gasteiger partial charge is 0.432 e. The summed E-state index contributed by atoms with van der Waals surface area (Å²) in [4.78, 5) is 31.8. The number of nitrogens with one attached hydrogen (secondary N) is 1. The van der Waals surface area contributed by atoms with Gasteiger partial charge in [-0.05, 0) is 38.3 Å². The fourth-order valence-corrected chi connectivity index (χ4v) is 5.54. The second-order valence-electron chi connectivity index (χ2n) is 8.37. The van der Waals surface area contributed by atoms with E-state index >= 15 is 0 Å². The Labute approximate surface area is 186 Å². The van der Waals surface area contributed by atoms with Crippen LogP contribution in [0.5, 0.6) is 0 Å². The molecule has 1 atom stereocenters. The number of imidazole rings is 1. The van der Waals surface area contributed by atoms with E-state index in [2.05, 4.69) is 19.9 Å². The Morgan fingerprint density at radius 3 is 2.97 bits per heavy atom. The lowest BCUT2D eigenvalue weighted by Crippen LogP contribution is -2.41. The van der Waals surface area contributed by atoms with Crippen molar-refractivity contribution in [3.63, 3.8) is 0 Å². The van der Waals surface area contributed by atoms with Crippen molar-refractivity contribution in [1.82, 2.24) is 24.8 Å². The van der Waals surface area contributed by atoms with Crippen molar-refractivity contribution in [2.75, 3.05) is 6.54 Å². The predicted molar refractivity (Wildman–Crippen MR) is 114 cm³/mol. The van der Waals surface area contributed by atoms with Gasteiger partial charge >= 0.3 is 0 Å². The van der Waals surface area contributed by atoms with Gasteiger partial charge in [0, 0.05) is 18.7 Å². The van der Waals surface area contributed by atoms with Crippen molar-refractivity contribution in [2.24, 2.45) is 0 Å². The molecule has 1 aliphatic heterocycles. The first-order chi connectivity index (χ1) is 15.4. The number of carbonyl (C=O) groups excluding carboxylic acids is 1. The molecule has 1 saturated carbocycles. The van der Waals surface area contributed by atoms with Crippen molar-refractivity contribution in [3.05, 3.63) is 64.1 Å². The maximum atomic E-state index is 14.3. The summed E-state index contributed by atoms with van der Waals surface area (Å²) in [6.45, 7) is 2.12. The Morgan fingerprint density at radius 2 is 2.22 bits per heavy atom. The maximum absolute atomic E-state index is 14.3. The van der Waals surface area contributed by atoms with Crippen LogP contribution in [0.4, 0.5) is 4.39 Å². The fourth-order valence-electron chi connectivity index (χ4n) is 4.44. The van der Waals surface area contributed by atoms with E-state index < -0.39 is 17.5 Å². The monoisotopic (exact) mass is 453 g/mol. The molecule has 1 fully saturated rings. The second kappa shape index (κ2) is 6.94. The zero-order valence-electron chi connectivity index (χ0n) is 17.3. The van der Waals surface area contributed by atoms with E-state index in [0.29, 0.717) is 46.9 Å². The Hall–Kier alpha value is -3.11. The Balaban J connectivity index is 1.43. The molecule has 164 valence electrons. The summed E-state index contributed by atoms with van der Waals surface area (Å²) in [5.74, 6) is -0.440. The second-order valence-corrected chi connectivity index (χ2v) is 9.44. The zero-order valence-corrected chi connectivity index (χ0v) is 18.1. The number of amides is 1. The Morgan fingerprint density at radius 1 is 1.38 bits per heavy atom. The molecule has 1 aromatic carbocycles. The number of halogens is 1. The normalized spacial score (nSPS) is 19.7. The van der Waals surface area contributed by atoms with Crippen LogP contribution >= 0.6 is 11.3 Å². The van der Waals surface area contributed by atoms with Crippen LogP contribution in [0.3, 0.4) is 0 Å². The van der Waals surface area contributed by atoms with E-state index in [1.54, 1.807) is 24.2 Å². The van der Waals surface area contributed by atoms with Gasteiger partial charge < -0.3 is 19.4 Å². The van der Waals surface area contributed by atoms with Crippen LogP contribution in [-0.4, -0.2) is 42.4 Å². The van der Waals surface area contributed by atoms with Crippen LogP contribution < -0.4 is 0 Å². The average molecular weight is 453 g/mol. The van der Waals surface area contributed by atoms with Crippen LogP contribution in [0, 0.1) is 12.7 Å². The molecule has 0 spiro atoms. The highest BCUT2D eigenvalue weighted by atomic mass is 32.1. The molecule has 8 nitrogen and oxygen atoms in total. The fraction of sp³-hybridized carbons (Fsp3) is 0.364. The third-order valence-corrected chi connectivity index (χ3v) is 7.45. The first-order valence-corrected chi connectivity index (χ1v) is 11.3. The summed E-state index contributed by atoms with van der Waals surface area (Å²) < 4.78 is 20.8. The Kier molecular flexibility index (Phi) is 4.25. The molecule has 2 N–H and O–H groups in total. The SMILES string of the molecule is Cc1nc(C2(O)CCC2)oc1C(=O)N1CCc2[nH]cnc2[C@H]1c1nc2c(F)cccc2s1. The Bertz CT molecular complexity index is 1350.